The summed E-state index contributed by atoms with van der Waals surface area (Å²) in [5, 5.41) is 26.6. The molecule has 3 rings (SSSR count). The van der Waals surface area contributed by atoms with Gasteiger partial charge in [0.25, 0.3) is 5.69 Å². The van der Waals surface area contributed by atoms with E-state index >= 15 is 0 Å². The number of nitrogens with zero attached hydrogens (tertiary/aromatic N) is 3. The molecule has 160 valence electrons. The molecule has 10 nitrogen and oxygen atoms in total. The van der Waals surface area contributed by atoms with Crippen LogP contribution in [0, 0.1) is 30.9 Å². The predicted molar refractivity (Wildman–Crippen MR) is 112 cm³/mol. The van der Waals surface area contributed by atoms with E-state index in [0.29, 0.717) is 5.75 Å². The van der Waals surface area contributed by atoms with Crippen LogP contribution in [-0.2, 0) is 11.3 Å². The van der Waals surface area contributed by atoms with Crippen molar-refractivity contribution in [3.05, 3.63) is 75.1 Å². The van der Waals surface area contributed by atoms with Gasteiger partial charge < -0.3 is 15.2 Å². The number of carbonyl (C=O) groups is 2. The largest absolute Gasteiger partial charge is 0.476 e. The van der Waals surface area contributed by atoms with E-state index in [2.05, 4.69) is 10.4 Å². The van der Waals surface area contributed by atoms with Crippen molar-refractivity contribution in [3.63, 3.8) is 0 Å². The number of hydrogen-bond donors (Lipinski definition) is 2. The highest BCUT2D eigenvalue weighted by molar-refractivity contribution is 5.91. The van der Waals surface area contributed by atoms with Crippen LogP contribution in [0.15, 0.2) is 42.6 Å². The molecule has 0 aliphatic rings. The van der Waals surface area contributed by atoms with Crippen molar-refractivity contribution >= 4 is 23.3 Å². The van der Waals surface area contributed by atoms with Gasteiger partial charge >= 0.3 is 5.97 Å². The highest BCUT2D eigenvalue weighted by Gasteiger charge is 2.15. The van der Waals surface area contributed by atoms with E-state index in [4.69, 9.17) is 9.84 Å². The highest BCUT2D eigenvalue weighted by atomic mass is 16.6. The Kier molecular flexibility index (Phi) is 6.00. The number of ether oxygens (including phenoxy) is 1. The van der Waals surface area contributed by atoms with Crippen LogP contribution in [-0.4, -0.2) is 31.7 Å². The van der Waals surface area contributed by atoms with Gasteiger partial charge in [-0.3, -0.25) is 19.6 Å². The van der Waals surface area contributed by atoms with Crippen LogP contribution in [0.25, 0.3) is 0 Å². The molecule has 31 heavy (non-hydrogen) atoms. The molecule has 10 heteroatoms. The predicted octanol–water partition coefficient (Wildman–Crippen LogP) is 3.85. The van der Waals surface area contributed by atoms with E-state index in [-0.39, 0.29) is 29.4 Å². The quantitative estimate of drug-likeness (QED) is 0.434. The van der Waals surface area contributed by atoms with Crippen molar-refractivity contribution in [1.29, 1.82) is 0 Å². The number of carboxylic acid groups (broad SMARTS) is 1. The molecule has 0 bridgehead atoms. The maximum Gasteiger partial charge on any atom is 0.356 e. The maximum atomic E-state index is 12.3. The van der Waals surface area contributed by atoms with Gasteiger partial charge in [0.15, 0.2) is 5.69 Å². The zero-order valence-corrected chi connectivity index (χ0v) is 17.1. The Morgan fingerprint density at radius 1 is 1.19 bits per heavy atom. The van der Waals surface area contributed by atoms with Crippen LogP contribution in [0.2, 0.25) is 0 Å². The molecule has 2 aromatic carbocycles. The summed E-state index contributed by atoms with van der Waals surface area (Å²) in [6.07, 6.45) is 1.36. The number of nitrogens with one attached hydrogen (secondary N) is 1. The number of amides is 1. The molecule has 1 aromatic heterocycles. The molecular weight excluding hydrogens is 404 g/mol. The Hall–Kier alpha value is -4.21. The van der Waals surface area contributed by atoms with Gasteiger partial charge in [-0.05, 0) is 49.6 Å². The van der Waals surface area contributed by atoms with Gasteiger partial charge in [0.05, 0.1) is 16.7 Å². The molecule has 0 aliphatic carbocycles. The molecular formula is C21H20N4O6. The Morgan fingerprint density at radius 3 is 2.58 bits per heavy atom. The summed E-state index contributed by atoms with van der Waals surface area (Å²) in [7, 11) is 0. The molecule has 0 radical (unpaired) electrons. The van der Waals surface area contributed by atoms with Crippen molar-refractivity contribution in [2.24, 2.45) is 0 Å². The number of nitro groups is 1. The van der Waals surface area contributed by atoms with E-state index in [9.17, 15) is 19.7 Å². The number of aryl methyl sites for hydroxylation is 2. The number of benzene rings is 2. The summed E-state index contributed by atoms with van der Waals surface area (Å²) in [4.78, 5) is 34.0. The zero-order valence-electron chi connectivity index (χ0n) is 17.1. The standard InChI is InChI=1S/C21H20N4O6/c1-12-6-13(2)14(3)19(7-12)31-17-9-15(8-16(10-17)25(29)30)22-20(26)11-24-5-4-18(23-24)21(27)28/h4-10H,11H2,1-3H3,(H,22,26)(H,27,28). The number of rotatable bonds is 7. The lowest BCUT2D eigenvalue weighted by Crippen LogP contribution is -2.19. The topological polar surface area (TPSA) is 137 Å². The Morgan fingerprint density at radius 2 is 1.94 bits per heavy atom. The maximum absolute atomic E-state index is 12.3. The molecule has 0 fully saturated rings. The lowest BCUT2D eigenvalue weighted by molar-refractivity contribution is -0.384. The average molecular weight is 424 g/mol. The normalized spacial score (nSPS) is 10.5. The van der Waals surface area contributed by atoms with E-state index in [1.807, 2.05) is 32.9 Å². The van der Waals surface area contributed by atoms with Crippen molar-refractivity contribution < 1.29 is 24.4 Å². The molecule has 0 aliphatic heterocycles. The summed E-state index contributed by atoms with van der Waals surface area (Å²) >= 11 is 0. The first-order valence-electron chi connectivity index (χ1n) is 9.24. The smallest absolute Gasteiger partial charge is 0.356 e. The monoisotopic (exact) mass is 424 g/mol. The molecule has 0 saturated heterocycles. The van der Waals surface area contributed by atoms with Crippen molar-refractivity contribution in [1.82, 2.24) is 9.78 Å². The fourth-order valence-electron chi connectivity index (χ4n) is 2.97. The molecule has 0 atom stereocenters. The van der Waals surface area contributed by atoms with Gasteiger partial charge in [0.1, 0.15) is 18.0 Å². The second-order valence-electron chi connectivity index (χ2n) is 7.03. The van der Waals surface area contributed by atoms with Gasteiger partial charge in [0.2, 0.25) is 5.91 Å². The number of hydrogen-bond acceptors (Lipinski definition) is 6. The van der Waals surface area contributed by atoms with Crippen LogP contribution in [0.5, 0.6) is 11.5 Å². The van der Waals surface area contributed by atoms with Crippen molar-refractivity contribution in [2.75, 3.05) is 5.32 Å². The molecule has 0 unspecified atom stereocenters. The lowest BCUT2D eigenvalue weighted by Gasteiger charge is -2.13. The summed E-state index contributed by atoms with van der Waals surface area (Å²) in [6.45, 7) is 5.49. The first kappa shape index (κ1) is 21.5. The average Bonchev–Trinajstić information content (AvgIpc) is 3.14. The Balaban J connectivity index is 1.83. The minimum atomic E-state index is -1.21. The molecule has 3 aromatic rings. The summed E-state index contributed by atoms with van der Waals surface area (Å²) < 4.78 is 7.05. The minimum Gasteiger partial charge on any atom is -0.476 e. The van der Waals surface area contributed by atoms with Gasteiger partial charge in [0, 0.05) is 18.3 Å². The minimum absolute atomic E-state index is 0.168. The number of carboxylic acids is 1. The van der Waals surface area contributed by atoms with E-state index in [0.717, 1.165) is 21.4 Å². The number of carbonyl (C=O) groups excluding carboxylic acids is 1. The summed E-state index contributed by atoms with van der Waals surface area (Å²) in [5.74, 6) is -0.978. The molecule has 1 amide bonds. The summed E-state index contributed by atoms with van der Waals surface area (Å²) in [5.41, 5.74) is 2.63. The van der Waals surface area contributed by atoms with Crippen LogP contribution < -0.4 is 10.1 Å². The zero-order chi connectivity index (χ0) is 22.7. The van der Waals surface area contributed by atoms with Crippen LogP contribution >= 0.6 is 0 Å². The SMILES string of the molecule is Cc1cc(C)c(C)c(Oc2cc(NC(=O)Cn3ccc(C(=O)O)n3)cc([N+](=O)[O-])c2)c1. The van der Waals surface area contributed by atoms with Gasteiger partial charge in [-0.1, -0.05) is 6.07 Å². The second-order valence-corrected chi connectivity index (χ2v) is 7.03. The fourth-order valence-corrected chi connectivity index (χ4v) is 2.97. The number of aromatic carboxylic acids is 1. The summed E-state index contributed by atoms with van der Waals surface area (Å²) in [6, 6.07) is 9.07. The molecule has 2 N–H and O–H groups in total. The first-order chi connectivity index (χ1) is 14.6. The van der Waals surface area contributed by atoms with E-state index in [1.165, 1.54) is 30.5 Å². The number of non-ortho nitro benzene ring substituents is 1. The number of anilines is 1. The highest BCUT2D eigenvalue weighted by Crippen LogP contribution is 2.32. The first-order valence-corrected chi connectivity index (χ1v) is 9.24. The Bertz CT molecular complexity index is 1180. The third-order valence-corrected chi connectivity index (χ3v) is 4.54. The molecule has 1 heterocycles. The molecule has 0 spiro atoms. The van der Waals surface area contributed by atoms with Gasteiger partial charge in [-0.15, -0.1) is 0 Å². The lowest BCUT2D eigenvalue weighted by atomic mass is 10.1. The van der Waals surface area contributed by atoms with Gasteiger partial charge in [-0.2, -0.15) is 5.10 Å². The third kappa shape index (κ3) is 5.24. The van der Waals surface area contributed by atoms with E-state index in [1.54, 1.807) is 0 Å². The Labute approximate surface area is 177 Å². The van der Waals surface area contributed by atoms with Crippen molar-refractivity contribution in [3.8, 4) is 11.5 Å². The second kappa shape index (κ2) is 8.66. The van der Waals surface area contributed by atoms with Crippen LogP contribution in [0.1, 0.15) is 27.2 Å². The van der Waals surface area contributed by atoms with E-state index < -0.39 is 16.8 Å². The van der Waals surface area contributed by atoms with Crippen LogP contribution in [0.4, 0.5) is 11.4 Å². The number of nitro benzene ring substituents is 1. The molecule has 0 saturated carbocycles. The van der Waals surface area contributed by atoms with Crippen LogP contribution in [0.3, 0.4) is 0 Å². The fraction of sp³-hybridized carbons (Fsp3) is 0.190. The number of aromatic nitrogens is 2. The van der Waals surface area contributed by atoms with Gasteiger partial charge in [-0.25, -0.2) is 4.79 Å². The third-order valence-electron chi connectivity index (χ3n) is 4.54. The van der Waals surface area contributed by atoms with Crippen molar-refractivity contribution in [2.45, 2.75) is 27.3 Å².